The summed E-state index contributed by atoms with van der Waals surface area (Å²) in [5.41, 5.74) is 0.881. The lowest BCUT2D eigenvalue weighted by atomic mass is 9.90. The number of benzene rings is 2. The molecule has 0 aromatic heterocycles. The van der Waals surface area contributed by atoms with E-state index in [0.29, 0.717) is 12.2 Å². The zero-order chi connectivity index (χ0) is 22.7. The topological polar surface area (TPSA) is 73.9 Å². The highest BCUT2D eigenvalue weighted by molar-refractivity contribution is 9.10. The van der Waals surface area contributed by atoms with Gasteiger partial charge in [0.15, 0.2) is 0 Å². The Labute approximate surface area is 192 Å². The summed E-state index contributed by atoms with van der Waals surface area (Å²) in [4.78, 5) is 25.6. The lowest BCUT2D eigenvalue weighted by Crippen LogP contribution is -2.42. The van der Waals surface area contributed by atoms with E-state index in [2.05, 4.69) is 21.2 Å². The van der Waals surface area contributed by atoms with Crippen molar-refractivity contribution in [1.82, 2.24) is 0 Å². The predicted octanol–water partition coefficient (Wildman–Crippen LogP) is 4.85. The first-order chi connectivity index (χ1) is 14.9. The van der Waals surface area contributed by atoms with Gasteiger partial charge in [0, 0.05) is 36.0 Å². The Morgan fingerprint density at radius 2 is 1.71 bits per heavy atom. The number of rotatable bonds is 12. The van der Waals surface area contributed by atoms with E-state index in [4.69, 9.17) is 14.2 Å². The summed E-state index contributed by atoms with van der Waals surface area (Å²) >= 11 is 3.39. The van der Waals surface area contributed by atoms with Gasteiger partial charge >= 0.3 is 11.9 Å². The number of halogens is 1. The van der Waals surface area contributed by atoms with Crippen molar-refractivity contribution in [2.24, 2.45) is 0 Å². The summed E-state index contributed by atoms with van der Waals surface area (Å²) in [6.07, 6.45) is 1.23. The average Bonchev–Trinajstić information content (AvgIpc) is 2.77. The number of carbonyl (C=O) groups is 2. The number of carbonyl (C=O) groups excluding carboxylic acids is 2. The van der Waals surface area contributed by atoms with Crippen LogP contribution in [0.15, 0.2) is 53.0 Å². The van der Waals surface area contributed by atoms with E-state index in [-0.39, 0.29) is 19.4 Å². The van der Waals surface area contributed by atoms with E-state index >= 15 is 0 Å². The first-order valence-electron chi connectivity index (χ1n) is 10.4. The van der Waals surface area contributed by atoms with Gasteiger partial charge in [0.05, 0.1) is 13.0 Å². The Bertz CT molecular complexity index is 838. The largest absolute Gasteiger partial charge is 0.463 e. The molecule has 0 bridgehead atoms. The second-order valence-corrected chi connectivity index (χ2v) is 7.94. The zero-order valence-corrected chi connectivity index (χ0v) is 19.9. The minimum atomic E-state index is -1.48. The quantitative estimate of drug-likeness (QED) is 0.337. The molecule has 1 atom stereocenters. The molecule has 0 radical (unpaired) electrons. The standard InChI is InChI=1S/C24H30BrNO5/c1-4-24(23(28)30-5-2,19-9-11-20(25)12-10-19)31-22(27)17-18-7-13-21(14-8-18)26-15-6-16-29-3/h7-14,26H,4-6,15-17H2,1-3H3. The van der Waals surface area contributed by atoms with Crippen molar-refractivity contribution in [3.8, 4) is 0 Å². The molecular weight excluding hydrogens is 462 g/mol. The number of methoxy groups -OCH3 is 1. The summed E-state index contributed by atoms with van der Waals surface area (Å²) in [6.45, 7) is 5.24. The molecule has 0 saturated carbocycles. The molecule has 168 valence electrons. The number of anilines is 1. The van der Waals surface area contributed by atoms with Crippen molar-refractivity contribution in [1.29, 1.82) is 0 Å². The summed E-state index contributed by atoms with van der Waals surface area (Å²) in [5, 5.41) is 3.30. The molecule has 1 N–H and O–H groups in total. The van der Waals surface area contributed by atoms with Crippen LogP contribution in [0.4, 0.5) is 5.69 Å². The van der Waals surface area contributed by atoms with Crippen LogP contribution in [-0.4, -0.2) is 38.8 Å². The summed E-state index contributed by atoms with van der Waals surface area (Å²) < 4.78 is 17.0. The van der Waals surface area contributed by atoms with Crippen LogP contribution in [0.1, 0.15) is 37.8 Å². The molecule has 0 aliphatic rings. The van der Waals surface area contributed by atoms with Crippen LogP contribution in [-0.2, 0) is 35.8 Å². The molecule has 0 amide bonds. The van der Waals surface area contributed by atoms with E-state index < -0.39 is 17.5 Å². The minimum absolute atomic E-state index is 0.0572. The molecule has 2 aromatic rings. The fraction of sp³-hybridized carbons (Fsp3) is 0.417. The van der Waals surface area contributed by atoms with Gasteiger partial charge in [-0.05, 0) is 49.6 Å². The normalized spacial score (nSPS) is 12.6. The number of hydrogen-bond acceptors (Lipinski definition) is 6. The Balaban J connectivity index is 2.11. The number of esters is 2. The third kappa shape index (κ3) is 7.08. The van der Waals surface area contributed by atoms with Gasteiger partial charge in [-0.15, -0.1) is 0 Å². The van der Waals surface area contributed by atoms with Gasteiger partial charge in [0.2, 0.25) is 5.60 Å². The Hall–Kier alpha value is -2.38. The molecule has 1 unspecified atom stereocenters. The van der Waals surface area contributed by atoms with Crippen LogP contribution in [0.2, 0.25) is 0 Å². The number of nitrogens with one attached hydrogen (secondary N) is 1. The number of ether oxygens (including phenoxy) is 3. The van der Waals surface area contributed by atoms with Crippen molar-refractivity contribution < 1.29 is 23.8 Å². The van der Waals surface area contributed by atoms with Crippen molar-refractivity contribution in [3.05, 3.63) is 64.1 Å². The lowest BCUT2D eigenvalue weighted by Gasteiger charge is -2.30. The molecule has 0 fully saturated rings. The van der Waals surface area contributed by atoms with Crippen molar-refractivity contribution in [2.45, 2.75) is 38.7 Å². The first kappa shape index (κ1) is 24.9. The van der Waals surface area contributed by atoms with Gasteiger partial charge in [0.1, 0.15) is 0 Å². The molecular formula is C24H30BrNO5. The van der Waals surface area contributed by atoms with Gasteiger partial charge in [-0.25, -0.2) is 4.79 Å². The van der Waals surface area contributed by atoms with E-state index in [1.807, 2.05) is 36.4 Å². The van der Waals surface area contributed by atoms with Gasteiger partial charge in [-0.3, -0.25) is 4.79 Å². The third-order valence-electron chi connectivity index (χ3n) is 4.86. The third-order valence-corrected chi connectivity index (χ3v) is 5.39. The molecule has 0 aliphatic heterocycles. The van der Waals surface area contributed by atoms with Crippen LogP contribution in [0.25, 0.3) is 0 Å². The van der Waals surface area contributed by atoms with Gasteiger partial charge in [-0.2, -0.15) is 0 Å². The zero-order valence-electron chi connectivity index (χ0n) is 18.3. The Morgan fingerprint density at radius 1 is 1.03 bits per heavy atom. The predicted molar refractivity (Wildman–Crippen MR) is 124 cm³/mol. The fourth-order valence-corrected chi connectivity index (χ4v) is 3.46. The van der Waals surface area contributed by atoms with Crippen LogP contribution >= 0.6 is 15.9 Å². The van der Waals surface area contributed by atoms with Crippen molar-refractivity contribution >= 4 is 33.6 Å². The van der Waals surface area contributed by atoms with Crippen molar-refractivity contribution in [2.75, 3.05) is 32.2 Å². The fourth-order valence-electron chi connectivity index (χ4n) is 3.19. The van der Waals surface area contributed by atoms with E-state index in [9.17, 15) is 9.59 Å². The molecule has 6 nitrogen and oxygen atoms in total. The molecule has 0 heterocycles. The maximum absolute atomic E-state index is 12.8. The van der Waals surface area contributed by atoms with Gasteiger partial charge < -0.3 is 19.5 Å². The second kappa shape index (κ2) is 12.5. The molecule has 2 aromatic carbocycles. The number of hydrogen-bond donors (Lipinski definition) is 1. The highest BCUT2D eigenvalue weighted by atomic mass is 79.9. The summed E-state index contributed by atoms with van der Waals surface area (Å²) in [7, 11) is 1.68. The molecule has 0 aliphatic carbocycles. The molecule has 2 rings (SSSR count). The molecule has 0 saturated heterocycles. The maximum atomic E-state index is 12.8. The lowest BCUT2D eigenvalue weighted by molar-refractivity contribution is -0.184. The average molecular weight is 492 g/mol. The molecule has 7 heteroatoms. The van der Waals surface area contributed by atoms with Gasteiger partial charge in [-0.1, -0.05) is 47.1 Å². The van der Waals surface area contributed by atoms with Crippen LogP contribution in [0.5, 0.6) is 0 Å². The van der Waals surface area contributed by atoms with Gasteiger partial charge in [0.25, 0.3) is 0 Å². The van der Waals surface area contributed by atoms with E-state index in [1.165, 1.54) is 0 Å². The highest BCUT2D eigenvalue weighted by Gasteiger charge is 2.44. The SMILES string of the molecule is CCOC(=O)C(CC)(OC(=O)Cc1ccc(NCCCOC)cc1)c1ccc(Br)cc1. The molecule has 0 spiro atoms. The Kier molecular flexibility index (Phi) is 10.0. The summed E-state index contributed by atoms with van der Waals surface area (Å²) in [6, 6.07) is 14.7. The van der Waals surface area contributed by atoms with Crippen molar-refractivity contribution in [3.63, 3.8) is 0 Å². The molecule has 31 heavy (non-hydrogen) atoms. The summed E-state index contributed by atoms with van der Waals surface area (Å²) in [5.74, 6) is -1.05. The first-order valence-corrected chi connectivity index (χ1v) is 11.2. The highest BCUT2D eigenvalue weighted by Crippen LogP contribution is 2.33. The minimum Gasteiger partial charge on any atom is -0.463 e. The van der Waals surface area contributed by atoms with E-state index in [1.54, 1.807) is 33.1 Å². The van der Waals surface area contributed by atoms with Crippen LogP contribution < -0.4 is 5.32 Å². The Morgan fingerprint density at radius 3 is 2.29 bits per heavy atom. The maximum Gasteiger partial charge on any atom is 0.355 e. The van der Waals surface area contributed by atoms with Crippen LogP contribution in [0, 0.1) is 0 Å². The van der Waals surface area contributed by atoms with E-state index in [0.717, 1.165) is 28.7 Å². The van der Waals surface area contributed by atoms with Crippen LogP contribution in [0.3, 0.4) is 0 Å². The monoisotopic (exact) mass is 491 g/mol. The smallest absolute Gasteiger partial charge is 0.355 e. The second-order valence-electron chi connectivity index (χ2n) is 7.03.